The Bertz CT molecular complexity index is 39.5. The molecule has 5 N–H and O–H groups in total. The van der Waals surface area contributed by atoms with E-state index in [4.69, 9.17) is 9.59 Å². The van der Waals surface area contributed by atoms with Gasteiger partial charge in [0.1, 0.15) is 0 Å². The van der Waals surface area contributed by atoms with Crippen LogP contribution in [0.5, 0.6) is 0 Å². The molecule has 0 amide bonds. The Morgan fingerprint density at radius 1 is 0.900 bits per heavy atom. The van der Waals surface area contributed by atoms with Crippen LogP contribution in [0.1, 0.15) is 22.3 Å². The highest BCUT2D eigenvalue weighted by Gasteiger charge is 1.13. The van der Waals surface area contributed by atoms with E-state index in [1.54, 1.807) is 0 Å². The highest BCUT2D eigenvalue weighted by Crippen LogP contribution is 1.86. The van der Waals surface area contributed by atoms with Crippen LogP contribution in [0.4, 0.5) is 0 Å². The summed E-state index contributed by atoms with van der Waals surface area (Å²) in [6, 6.07) is 0. The summed E-state index contributed by atoms with van der Waals surface area (Å²) in [4.78, 5) is 16.2. The molecule has 0 aromatic rings. The lowest BCUT2D eigenvalue weighted by Crippen LogP contribution is -1.22. The van der Waals surface area contributed by atoms with Gasteiger partial charge in [0.2, 0.25) is 0 Å². The molecular weight excluding hydrogens is 172 g/mol. The lowest BCUT2D eigenvalue weighted by molar-refractivity contribution is -0.191. The fourth-order valence-electron chi connectivity index (χ4n) is 0. The Labute approximate surface area is 68.4 Å². The Hall–Kier alpha value is 0.160. The van der Waals surface area contributed by atoms with Crippen LogP contribution in [-0.2, 0) is 9.59 Å². The molecule has 6 heteroatoms. The maximum atomic E-state index is 8.12. The van der Waals surface area contributed by atoms with Gasteiger partial charge in [0.15, 0.2) is 0 Å². The zero-order chi connectivity index (χ0) is 4.71. The van der Waals surface area contributed by atoms with Gasteiger partial charge in [-0.25, -0.2) is 0 Å². The third-order valence-corrected chi connectivity index (χ3v) is 0. The summed E-state index contributed by atoms with van der Waals surface area (Å²) in [7, 11) is 4.67. The van der Waals surface area contributed by atoms with Gasteiger partial charge in [0.25, 0.3) is 0 Å². The van der Waals surface area contributed by atoms with Crippen LogP contribution in [0, 0.1) is 0 Å². The molecule has 4 nitrogen and oxygen atoms in total. The van der Waals surface area contributed by atoms with E-state index in [1.165, 1.54) is 0 Å². The Morgan fingerprint density at radius 3 is 0.900 bits per heavy atom. The summed E-state index contributed by atoms with van der Waals surface area (Å²) in [5.41, 5.74) is 0. The topological polar surface area (TPSA) is 101 Å². The van der Waals surface area contributed by atoms with Crippen LogP contribution in [-0.4, -0.2) is 11.6 Å². The second-order valence-electron chi connectivity index (χ2n) is 0.0833. The van der Waals surface area contributed by atoms with Crippen LogP contribution >= 0.6 is 17.9 Å². The van der Waals surface area contributed by atoms with Gasteiger partial charge < -0.3 is 11.6 Å². The fourth-order valence-corrected chi connectivity index (χ4v) is 0. The molecule has 2 unspecified atom stereocenters. The standard InChI is InChI=1S/CO2.3CH4.H3N.H2O.H4P2/c2-1-3;;;;;;1-2/h;3*1H4;1H3;1H2;1-2H2. The molecule has 0 rings (SSSR count). The zero-order valence-corrected chi connectivity index (χ0v) is 5.99. The van der Waals surface area contributed by atoms with Gasteiger partial charge in [0, 0.05) is 0 Å². The lowest BCUT2D eigenvalue weighted by atomic mass is 11.8. The number of hydrogen-bond donors (Lipinski definition) is 1. The second kappa shape index (κ2) is 453. The monoisotopic (exact) mass is 193 g/mol. The van der Waals surface area contributed by atoms with E-state index in [-0.39, 0.29) is 40.1 Å². The van der Waals surface area contributed by atoms with E-state index in [1.807, 2.05) is 0 Å². The van der Waals surface area contributed by atoms with E-state index < -0.39 is 0 Å². The molecule has 10 heavy (non-hydrogen) atoms. The summed E-state index contributed by atoms with van der Waals surface area (Å²) in [5.74, 6) is 0. The van der Waals surface area contributed by atoms with E-state index in [0.29, 0.717) is 0 Å². The molecule has 0 aliphatic carbocycles. The van der Waals surface area contributed by atoms with Crippen molar-refractivity contribution in [3.8, 4) is 0 Å². The molecule has 0 aromatic heterocycles. The van der Waals surface area contributed by atoms with E-state index in [2.05, 4.69) is 17.9 Å². The van der Waals surface area contributed by atoms with Crippen molar-refractivity contribution in [1.29, 1.82) is 0 Å². The molecular formula is C4H21NO3P2. The number of hydrogen-bond acceptors (Lipinski definition) is 3. The van der Waals surface area contributed by atoms with Crippen molar-refractivity contribution >= 4 is 24.0 Å². The van der Waals surface area contributed by atoms with Gasteiger partial charge >= 0.3 is 6.15 Å². The van der Waals surface area contributed by atoms with E-state index in [9.17, 15) is 0 Å². The van der Waals surface area contributed by atoms with Crippen LogP contribution in [0.15, 0.2) is 0 Å². The molecule has 0 heterocycles. The van der Waals surface area contributed by atoms with Crippen molar-refractivity contribution in [2.75, 3.05) is 0 Å². The molecule has 0 spiro atoms. The highest BCUT2D eigenvalue weighted by molar-refractivity contribution is 7.92. The predicted octanol–water partition coefficient (Wildman–Crippen LogP) is 1.31. The summed E-state index contributed by atoms with van der Waals surface area (Å²) < 4.78 is 0. The molecule has 0 aliphatic rings. The molecule has 0 saturated heterocycles. The maximum Gasteiger partial charge on any atom is 0.373 e. The lowest BCUT2D eigenvalue weighted by Gasteiger charge is -1.12. The maximum absolute atomic E-state index is 8.12. The molecule has 0 saturated carbocycles. The molecule has 0 fully saturated rings. The molecule has 0 aliphatic heterocycles. The third-order valence-electron chi connectivity index (χ3n) is 0. The Kier molecular flexibility index (Phi) is 3870. The highest BCUT2D eigenvalue weighted by atomic mass is 32.0. The first-order chi connectivity index (χ1) is 2.41. The van der Waals surface area contributed by atoms with Gasteiger partial charge in [-0.15, -0.1) is 17.9 Å². The molecule has 70 valence electrons. The number of rotatable bonds is 0. The van der Waals surface area contributed by atoms with Gasteiger partial charge in [-0.3, -0.25) is 0 Å². The van der Waals surface area contributed by atoms with Gasteiger partial charge in [0.05, 0.1) is 0 Å². The van der Waals surface area contributed by atoms with Crippen molar-refractivity contribution < 1.29 is 15.1 Å². The van der Waals surface area contributed by atoms with Crippen molar-refractivity contribution in [3.63, 3.8) is 0 Å². The van der Waals surface area contributed by atoms with Crippen LogP contribution in [0.2, 0.25) is 0 Å². The van der Waals surface area contributed by atoms with E-state index >= 15 is 0 Å². The minimum absolute atomic E-state index is 0. The molecule has 0 radical (unpaired) electrons. The normalized spacial score (nSPS) is 1.40. The van der Waals surface area contributed by atoms with Gasteiger partial charge in [-0.05, 0) is 0 Å². The Balaban J connectivity index is -0.00000000246. The largest absolute Gasteiger partial charge is 0.412 e. The molecule has 0 aromatic carbocycles. The van der Waals surface area contributed by atoms with Crippen molar-refractivity contribution in [2.24, 2.45) is 0 Å². The first-order valence-electron chi connectivity index (χ1n) is 0.742. The SMILES string of the molecule is C.C.C.N.O.O=C=O.PP. The predicted molar refractivity (Wildman–Crippen MR) is 53.3 cm³/mol. The van der Waals surface area contributed by atoms with Crippen molar-refractivity contribution in [1.82, 2.24) is 6.15 Å². The minimum Gasteiger partial charge on any atom is -0.412 e. The first kappa shape index (κ1) is 85.4. The third kappa shape index (κ3) is 16300. The van der Waals surface area contributed by atoms with Gasteiger partial charge in [-0.1, -0.05) is 22.3 Å². The molecule has 2 atom stereocenters. The number of carbonyl (C=O) groups excluding carboxylic acids is 2. The summed E-state index contributed by atoms with van der Waals surface area (Å²) in [6.07, 6.45) is 0.250. The first-order valence-corrected chi connectivity index (χ1v) is 3.41. The zero-order valence-electron chi connectivity index (χ0n) is 3.68. The molecule has 0 bridgehead atoms. The smallest absolute Gasteiger partial charge is 0.373 e. The van der Waals surface area contributed by atoms with Crippen LogP contribution in [0.3, 0.4) is 0 Å². The summed E-state index contributed by atoms with van der Waals surface area (Å²) >= 11 is 0. The minimum atomic E-state index is 0. The average Bonchev–Trinajstić information content (AvgIpc) is 1.46. The average molecular weight is 193 g/mol. The Morgan fingerprint density at radius 2 is 0.900 bits per heavy atom. The van der Waals surface area contributed by atoms with Gasteiger partial charge in [-0.2, -0.15) is 9.59 Å². The van der Waals surface area contributed by atoms with Crippen LogP contribution in [0.25, 0.3) is 0 Å². The summed E-state index contributed by atoms with van der Waals surface area (Å²) in [5, 5.41) is 0. The summed E-state index contributed by atoms with van der Waals surface area (Å²) in [6.45, 7) is 0. The van der Waals surface area contributed by atoms with E-state index in [0.717, 1.165) is 0 Å². The van der Waals surface area contributed by atoms with Crippen molar-refractivity contribution in [2.45, 2.75) is 22.3 Å². The van der Waals surface area contributed by atoms with Crippen molar-refractivity contribution in [3.05, 3.63) is 0 Å². The fraction of sp³-hybridized carbons (Fsp3) is 0.750. The quantitative estimate of drug-likeness (QED) is 0.587. The second-order valence-corrected chi connectivity index (χ2v) is 0.0833. The van der Waals surface area contributed by atoms with Crippen LogP contribution < -0.4 is 6.15 Å².